The minimum Gasteiger partial charge on any atom is -0.371 e. The molecule has 0 saturated carbocycles. The molecule has 0 unspecified atom stereocenters. The van der Waals surface area contributed by atoms with Gasteiger partial charge in [-0.05, 0) is 55.2 Å². The molecule has 2 N–H and O–H groups in total. The molecule has 4 fully saturated rings. The van der Waals surface area contributed by atoms with Crippen molar-refractivity contribution in [2.24, 2.45) is 5.92 Å². The average molecular weight is 814 g/mol. The number of thiazole rings is 1. The Balaban J connectivity index is 0.851. The Kier molecular flexibility index (Phi) is 11.7. The van der Waals surface area contributed by atoms with E-state index in [9.17, 15) is 23.6 Å². The van der Waals surface area contributed by atoms with Crippen LogP contribution in [0.1, 0.15) is 53.2 Å². The number of nitrogens with one attached hydrogen (secondary N) is 2. The first-order valence-corrected chi connectivity index (χ1v) is 20.8. The van der Waals surface area contributed by atoms with Gasteiger partial charge in [0, 0.05) is 113 Å². The van der Waals surface area contributed by atoms with E-state index in [-0.39, 0.29) is 46.1 Å². The van der Waals surface area contributed by atoms with Crippen molar-refractivity contribution in [1.82, 2.24) is 30.0 Å². The summed E-state index contributed by atoms with van der Waals surface area (Å²) in [5.41, 5.74) is 3.88. The van der Waals surface area contributed by atoms with E-state index in [0.29, 0.717) is 77.6 Å². The fraction of sp³-hybridized carbons (Fsp3) is 0.415. The molecule has 8 rings (SSSR count). The van der Waals surface area contributed by atoms with Crippen molar-refractivity contribution in [1.29, 1.82) is 0 Å². The van der Waals surface area contributed by atoms with Gasteiger partial charge in [-0.3, -0.25) is 29.4 Å². The van der Waals surface area contributed by atoms with Crippen molar-refractivity contribution in [3.63, 3.8) is 0 Å². The number of hydrogen-bond acceptors (Lipinski definition) is 11. The molecule has 1 atom stereocenters. The molecule has 16 heteroatoms. The highest BCUT2D eigenvalue weighted by molar-refractivity contribution is 7.13. The number of pyridine rings is 1. The van der Waals surface area contributed by atoms with Crippen molar-refractivity contribution in [3.05, 3.63) is 93.8 Å². The molecule has 0 aliphatic carbocycles. The number of hydrogen-bond donors (Lipinski definition) is 2. The number of imide groups is 1. The van der Waals surface area contributed by atoms with Gasteiger partial charge in [-0.1, -0.05) is 29.8 Å². The monoisotopic (exact) mass is 813 g/mol. The maximum atomic E-state index is 14.6. The van der Waals surface area contributed by atoms with Crippen LogP contribution in [-0.2, 0) is 20.9 Å². The Morgan fingerprint density at radius 1 is 0.860 bits per heavy atom. The largest absolute Gasteiger partial charge is 0.371 e. The molecular formula is C41H45ClFN9O4S. The summed E-state index contributed by atoms with van der Waals surface area (Å²) < 4.78 is 14.6. The standard InChI is InChI=1S/C41H45ClFN9O4S/c42-34-3-1-2-33(37(34)43)40(56)52-17-15-48(16-18-52)26-29-24-31(25-35(45-29)46-41-44-12-23-57-41)50-19-21-51(22-20-50)39(55)28-10-13-49(14-11-28)30-6-4-27(5-7-30)32-8-9-36(53)47-38(32)54/h1-7,12,23-25,28,32H,8-11,13-22,26H2,(H,44,45,46)(H,47,53,54)/t32-/m0/s1. The molecule has 4 aliphatic rings. The topological polar surface area (TPSA) is 134 Å². The number of piperidine rings is 2. The van der Waals surface area contributed by atoms with Gasteiger partial charge in [0.1, 0.15) is 5.82 Å². The van der Waals surface area contributed by atoms with Crippen LogP contribution in [0.4, 0.5) is 26.7 Å². The number of carbonyl (C=O) groups is 4. The van der Waals surface area contributed by atoms with Gasteiger partial charge in [0.25, 0.3) is 5.91 Å². The summed E-state index contributed by atoms with van der Waals surface area (Å²) >= 11 is 7.43. The number of rotatable bonds is 9. The van der Waals surface area contributed by atoms with Crippen LogP contribution in [-0.4, -0.2) is 114 Å². The van der Waals surface area contributed by atoms with E-state index in [4.69, 9.17) is 16.6 Å². The fourth-order valence-electron chi connectivity index (χ4n) is 8.23. The number of halogens is 2. The zero-order valence-corrected chi connectivity index (χ0v) is 33.1. The second kappa shape index (κ2) is 17.2. The summed E-state index contributed by atoms with van der Waals surface area (Å²) in [5, 5.41) is 8.39. The van der Waals surface area contributed by atoms with Gasteiger partial charge in [-0.25, -0.2) is 14.4 Å². The number of anilines is 4. The first-order valence-electron chi connectivity index (χ1n) is 19.5. The van der Waals surface area contributed by atoms with Crippen LogP contribution in [0.25, 0.3) is 0 Å². The van der Waals surface area contributed by atoms with Crippen molar-refractivity contribution >= 4 is 68.9 Å². The minimum atomic E-state index is -0.687. The molecule has 4 aliphatic heterocycles. The quantitative estimate of drug-likeness (QED) is 0.220. The van der Waals surface area contributed by atoms with Crippen molar-refractivity contribution in [3.8, 4) is 0 Å². The lowest BCUT2D eigenvalue weighted by molar-refractivity contribution is -0.136. The summed E-state index contributed by atoms with van der Waals surface area (Å²) in [6.07, 6.45) is 4.20. The van der Waals surface area contributed by atoms with Crippen LogP contribution in [0, 0.1) is 11.7 Å². The van der Waals surface area contributed by atoms with Crippen molar-refractivity contribution in [2.75, 3.05) is 80.6 Å². The number of nitrogens with zero attached hydrogens (tertiary/aromatic N) is 7. The number of piperazine rings is 2. The molecule has 2 aromatic carbocycles. The van der Waals surface area contributed by atoms with Crippen LogP contribution >= 0.6 is 22.9 Å². The second-order valence-corrected chi connectivity index (χ2v) is 16.3. The molecule has 0 bridgehead atoms. The zero-order valence-electron chi connectivity index (χ0n) is 31.5. The molecular weight excluding hydrogens is 769 g/mol. The third kappa shape index (κ3) is 8.90. The van der Waals surface area contributed by atoms with Gasteiger partial charge >= 0.3 is 0 Å². The lowest BCUT2D eigenvalue weighted by atomic mass is 9.90. The molecule has 57 heavy (non-hydrogen) atoms. The maximum absolute atomic E-state index is 14.6. The lowest BCUT2D eigenvalue weighted by Gasteiger charge is -2.40. The highest BCUT2D eigenvalue weighted by Gasteiger charge is 2.32. The van der Waals surface area contributed by atoms with Gasteiger partial charge in [-0.2, -0.15) is 0 Å². The van der Waals surface area contributed by atoms with Gasteiger partial charge in [-0.15, -0.1) is 11.3 Å². The second-order valence-electron chi connectivity index (χ2n) is 15.0. The Morgan fingerprint density at radius 3 is 2.28 bits per heavy atom. The van der Waals surface area contributed by atoms with Crippen LogP contribution in [0.5, 0.6) is 0 Å². The third-order valence-electron chi connectivity index (χ3n) is 11.5. The molecule has 2 aromatic heterocycles. The first kappa shape index (κ1) is 38.7. The van der Waals surface area contributed by atoms with Gasteiger partial charge in [0.15, 0.2) is 10.9 Å². The zero-order chi connectivity index (χ0) is 39.5. The fourth-order valence-corrected chi connectivity index (χ4v) is 8.94. The van der Waals surface area contributed by atoms with Crippen LogP contribution in [0.15, 0.2) is 66.2 Å². The van der Waals surface area contributed by atoms with Gasteiger partial charge < -0.3 is 24.9 Å². The predicted octanol–water partition coefficient (Wildman–Crippen LogP) is 5.12. The molecule has 4 aromatic rings. The Hall–Kier alpha value is -5.12. The summed E-state index contributed by atoms with van der Waals surface area (Å²) in [6.45, 7) is 6.98. The van der Waals surface area contributed by atoms with E-state index in [1.165, 1.54) is 23.5 Å². The Bertz CT molecular complexity index is 2100. The van der Waals surface area contributed by atoms with E-state index in [1.54, 1.807) is 17.2 Å². The number of benzene rings is 2. The minimum absolute atomic E-state index is 0.0110. The summed E-state index contributed by atoms with van der Waals surface area (Å²) in [6, 6.07) is 16.7. The molecule has 0 spiro atoms. The van der Waals surface area contributed by atoms with Crippen molar-refractivity contribution in [2.45, 2.75) is 38.1 Å². The molecule has 4 amide bonds. The summed E-state index contributed by atoms with van der Waals surface area (Å²) in [7, 11) is 0. The Labute approximate surface area is 339 Å². The maximum Gasteiger partial charge on any atom is 0.256 e. The van der Waals surface area contributed by atoms with E-state index in [1.807, 2.05) is 40.6 Å². The first-order chi connectivity index (χ1) is 27.7. The molecule has 0 radical (unpaired) electrons. The molecule has 4 saturated heterocycles. The van der Waals surface area contributed by atoms with E-state index >= 15 is 0 Å². The number of aromatic nitrogens is 2. The highest BCUT2D eigenvalue weighted by atomic mass is 35.5. The molecule has 298 valence electrons. The van der Waals surface area contributed by atoms with Gasteiger partial charge in [0.05, 0.1) is 22.2 Å². The van der Waals surface area contributed by atoms with Crippen LogP contribution in [0.2, 0.25) is 5.02 Å². The highest BCUT2D eigenvalue weighted by Crippen LogP contribution is 2.31. The van der Waals surface area contributed by atoms with E-state index in [2.05, 4.69) is 36.4 Å². The van der Waals surface area contributed by atoms with Crippen molar-refractivity contribution < 1.29 is 23.6 Å². The normalized spacial score (nSPS) is 19.8. The lowest BCUT2D eigenvalue weighted by Crippen LogP contribution is -2.51. The molecule has 13 nitrogen and oxygen atoms in total. The van der Waals surface area contributed by atoms with E-state index < -0.39 is 5.82 Å². The smallest absolute Gasteiger partial charge is 0.256 e. The number of amides is 4. The van der Waals surface area contributed by atoms with E-state index in [0.717, 1.165) is 53.7 Å². The third-order valence-corrected chi connectivity index (χ3v) is 12.4. The van der Waals surface area contributed by atoms with Crippen LogP contribution < -0.4 is 20.4 Å². The number of carbonyl (C=O) groups excluding carboxylic acids is 4. The predicted molar refractivity (Wildman–Crippen MR) is 218 cm³/mol. The summed E-state index contributed by atoms with van der Waals surface area (Å²) in [4.78, 5) is 70.5. The van der Waals surface area contributed by atoms with Crippen LogP contribution in [0.3, 0.4) is 0 Å². The SMILES string of the molecule is O=C1CC[C@@H](c2ccc(N3CCC(C(=O)N4CCN(c5cc(CN6CCN(C(=O)c7cccc(Cl)c7F)CC6)nc(Nc6nccs6)c5)CC4)CC3)cc2)C(=O)N1. The summed E-state index contributed by atoms with van der Waals surface area (Å²) in [5.74, 6) is -0.888. The van der Waals surface area contributed by atoms with Gasteiger partial charge in [0.2, 0.25) is 17.7 Å². The molecule has 6 heterocycles. The Morgan fingerprint density at radius 2 is 1.58 bits per heavy atom. The average Bonchev–Trinajstić information content (AvgIpc) is 3.75.